The molecule has 116 valence electrons. The van der Waals surface area contributed by atoms with E-state index in [2.05, 4.69) is 43.0 Å². The van der Waals surface area contributed by atoms with Gasteiger partial charge in [0.2, 0.25) is 0 Å². The van der Waals surface area contributed by atoms with Gasteiger partial charge in [-0.2, -0.15) is 0 Å². The van der Waals surface area contributed by atoms with Crippen LogP contribution in [0.15, 0.2) is 24.3 Å². The van der Waals surface area contributed by atoms with Crippen LogP contribution in [0.5, 0.6) is 0 Å². The van der Waals surface area contributed by atoms with Gasteiger partial charge in [0.25, 0.3) is 0 Å². The van der Waals surface area contributed by atoms with Crippen LogP contribution >= 0.6 is 0 Å². The largest absolute Gasteiger partial charge is 0.480 e. The Kier molecular flexibility index (Phi) is 3.98. The highest BCUT2D eigenvalue weighted by atomic mass is 16.4. The number of carbonyl (C=O) groups is 1. The Hall–Kier alpha value is -2.14. The fraction of sp³-hybridized carbons (Fsp3) is 0.412. The minimum absolute atomic E-state index is 0.122. The monoisotopic (exact) mass is 299 g/mol. The molecular weight excluding hydrogens is 278 g/mol. The molecule has 2 heterocycles. The lowest BCUT2D eigenvalue weighted by Crippen LogP contribution is -2.48. The zero-order chi connectivity index (χ0) is 15.7. The molecule has 1 aliphatic rings. The number of aryl methyl sites for hydroxylation is 2. The molecule has 0 atom stereocenters. The van der Waals surface area contributed by atoms with Crippen LogP contribution in [-0.2, 0) is 4.79 Å². The van der Waals surface area contributed by atoms with E-state index >= 15 is 0 Å². The highest BCUT2D eigenvalue weighted by Gasteiger charge is 2.20. The smallest absolute Gasteiger partial charge is 0.317 e. The van der Waals surface area contributed by atoms with Crippen LogP contribution in [0.4, 0.5) is 5.82 Å². The summed E-state index contributed by atoms with van der Waals surface area (Å²) >= 11 is 0. The molecule has 1 aromatic carbocycles. The van der Waals surface area contributed by atoms with Gasteiger partial charge in [-0.25, -0.2) is 4.98 Å². The highest BCUT2D eigenvalue weighted by Crippen LogP contribution is 2.24. The summed E-state index contributed by atoms with van der Waals surface area (Å²) in [6.45, 7) is 7.49. The molecule has 0 saturated carbocycles. The topological polar surface area (TPSA) is 56.7 Å². The number of carboxylic acid groups (broad SMARTS) is 1. The Bertz CT molecular complexity index is 706. The van der Waals surface area contributed by atoms with Gasteiger partial charge in [-0.15, -0.1) is 0 Å². The Labute approximate surface area is 130 Å². The molecule has 22 heavy (non-hydrogen) atoms. The summed E-state index contributed by atoms with van der Waals surface area (Å²) in [7, 11) is 0. The van der Waals surface area contributed by atoms with Gasteiger partial charge in [-0.05, 0) is 37.6 Å². The van der Waals surface area contributed by atoms with Gasteiger partial charge < -0.3 is 10.0 Å². The SMILES string of the molecule is Cc1ccc2nc(N3CCN(CC(=O)O)CC3)cc(C)c2c1. The Morgan fingerprint density at radius 2 is 1.91 bits per heavy atom. The molecule has 0 amide bonds. The quantitative estimate of drug-likeness (QED) is 0.940. The summed E-state index contributed by atoms with van der Waals surface area (Å²) in [6, 6.07) is 8.46. The van der Waals surface area contributed by atoms with Crippen molar-refractivity contribution in [1.82, 2.24) is 9.88 Å². The number of piperazine rings is 1. The van der Waals surface area contributed by atoms with Crippen molar-refractivity contribution in [1.29, 1.82) is 0 Å². The van der Waals surface area contributed by atoms with E-state index in [4.69, 9.17) is 10.1 Å². The molecule has 0 unspecified atom stereocenters. The molecule has 0 radical (unpaired) electrons. The van der Waals surface area contributed by atoms with Crippen LogP contribution in [0.3, 0.4) is 0 Å². The second-order valence-electron chi connectivity index (χ2n) is 5.97. The second-order valence-corrected chi connectivity index (χ2v) is 5.97. The maximum absolute atomic E-state index is 10.8. The first-order chi connectivity index (χ1) is 10.5. The number of fused-ring (bicyclic) bond motifs is 1. The number of pyridine rings is 1. The maximum atomic E-state index is 10.8. The molecule has 1 aliphatic heterocycles. The van der Waals surface area contributed by atoms with Gasteiger partial charge in [-0.1, -0.05) is 11.6 Å². The van der Waals surface area contributed by atoms with Gasteiger partial charge in [0.15, 0.2) is 0 Å². The third-order valence-electron chi connectivity index (χ3n) is 4.21. The molecule has 1 fully saturated rings. The molecule has 0 spiro atoms. The lowest BCUT2D eigenvalue weighted by Gasteiger charge is -2.34. The third kappa shape index (κ3) is 3.04. The number of benzene rings is 1. The fourth-order valence-electron chi connectivity index (χ4n) is 2.98. The first-order valence-corrected chi connectivity index (χ1v) is 7.60. The molecule has 1 aromatic heterocycles. The Morgan fingerprint density at radius 1 is 1.18 bits per heavy atom. The standard InChI is InChI=1S/C17H21N3O2/c1-12-3-4-15-14(9-12)13(2)10-16(18-15)20-7-5-19(6-8-20)11-17(21)22/h3-4,9-10H,5-8,11H2,1-2H3,(H,21,22). The zero-order valence-electron chi connectivity index (χ0n) is 13.0. The molecule has 5 heteroatoms. The number of aliphatic carboxylic acids is 1. The summed E-state index contributed by atoms with van der Waals surface area (Å²) < 4.78 is 0. The molecule has 2 aromatic rings. The predicted molar refractivity (Wildman–Crippen MR) is 87.5 cm³/mol. The van der Waals surface area contributed by atoms with E-state index in [1.807, 2.05) is 4.90 Å². The molecule has 0 bridgehead atoms. The first kappa shape index (κ1) is 14.8. The van der Waals surface area contributed by atoms with Gasteiger partial charge in [0.05, 0.1) is 12.1 Å². The fourth-order valence-corrected chi connectivity index (χ4v) is 2.98. The summed E-state index contributed by atoms with van der Waals surface area (Å²) in [5, 5.41) is 10.1. The minimum Gasteiger partial charge on any atom is -0.480 e. The highest BCUT2D eigenvalue weighted by molar-refractivity contribution is 5.84. The maximum Gasteiger partial charge on any atom is 0.317 e. The van der Waals surface area contributed by atoms with E-state index in [1.165, 1.54) is 16.5 Å². The molecule has 3 rings (SSSR count). The molecule has 1 N–H and O–H groups in total. The van der Waals surface area contributed by atoms with Crippen molar-refractivity contribution in [2.45, 2.75) is 13.8 Å². The summed E-state index contributed by atoms with van der Waals surface area (Å²) in [5.74, 6) is 0.229. The number of nitrogens with zero attached hydrogens (tertiary/aromatic N) is 3. The van der Waals surface area contributed by atoms with Crippen LogP contribution < -0.4 is 4.90 Å². The van der Waals surface area contributed by atoms with Crippen molar-refractivity contribution >= 4 is 22.7 Å². The molecular formula is C17H21N3O2. The van der Waals surface area contributed by atoms with Crippen LogP contribution in [0, 0.1) is 13.8 Å². The average molecular weight is 299 g/mol. The number of rotatable bonds is 3. The van der Waals surface area contributed by atoms with Crippen LogP contribution in [0.2, 0.25) is 0 Å². The lowest BCUT2D eigenvalue weighted by molar-refractivity contribution is -0.138. The average Bonchev–Trinajstić information content (AvgIpc) is 2.48. The summed E-state index contributed by atoms with van der Waals surface area (Å²) in [4.78, 5) is 19.8. The van der Waals surface area contributed by atoms with Crippen LogP contribution in [0.25, 0.3) is 10.9 Å². The lowest BCUT2D eigenvalue weighted by atomic mass is 10.1. The normalized spacial score (nSPS) is 16.2. The van der Waals surface area contributed by atoms with E-state index in [0.29, 0.717) is 0 Å². The molecule has 5 nitrogen and oxygen atoms in total. The predicted octanol–water partition coefficient (Wildman–Crippen LogP) is 2.06. The number of aromatic nitrogens is 1. The summed E-state index contributed by atoms with van der Waals surface area (Å²) in [6.07, 6.45) is 0. The van der Waals surface area contributed by atoms with Crippen molar-refractivity contribution in [2.75, 3.05) is 37.6 Å². The summed E-state index contributed by atoms with van der Waals surface area (Å²) in [5.41, 5.74) is 3.50. The van der Waals surface area contributed by atoms with E-state index in [1.54, 1.807) is 0 Å². The van der Waals surface area contributed by atoms with E-state index < -0.39 is 5.97 Å². The van der Waals surface area contributed by atoms with Crippen molar-refractivity contribution in [2.24, 2.45) is 0 Å². The van der Waals surface area contributed by atoms with E-state index in [0.717, 1.165) is 37.5 Å². The van der Waals surface area contributed by atoms with Crippen molar-refractivity contribution < 1.29 is 9.90 Å². The zero-order valence-corrected chi connectivity index (χ0v) is 13.0. The van der Waals surface area contributed by atoms with Gasteiger partial charge in [0, 0.05) is 31.6 Å². The minimum atomic E-state index is -0.761. The molecule has 1 saturated heterocycles. The van der Waals surface area contributed by atoms with E-state index in [-0.39, 0.29) is 6.54 Å². The molecule has 0 aliphatic carbocycles. The van der Waals surface area contributed by atoms with Gasteiger partial charge in [-0.3, -0.25) is 9.69 Å². The van der Waals surface area contributed by atoms with Crippen LogP contribution in [-0.4, -0.2) is 53.7 Å². The first-order valence-electron chi connectivity index (χ1n) is 7.60. The second kappa shape index (κ2) is 5.93. The number of hydrogen-bond acceptors (Lipinski definition) is 4. The van der Waals surface area contributed by atoms with E-state index in [9.17, 15) is 4.79 Å². The number of carboxylic acids is 1. The third-order valence-corrected chi connectivity index (χ3v) is 4.21. The number of anilines is 1. The van der Waals surface area contributed by atoms with Crippen molar-refractivity contribution in [3.8, 4) is 0 Å². The van der Waals surface area contributed by atoms with Gasteiger partial charge in [0.1, 0.15) is 5.82 Å². The van der Waals surface area contributed by atoms with Gasteiger partial charge >= 0.3 is 5.97 Å². The Morgan fingerprint density at radius 3 is 2.59 bits per heavy atom. The van der Waals surface area contributed by atoms with Crippen LogP contribution in [0.1, 0.15) is 11.1 Å². The number of hydrogen-bond donors (Lipinski definition) is 1. The van der Waals surface area contributed by atoms with Crippen molar-refractivity contribution in [3.63, 3.8) is 0 Å². The van der Waals surface area contributed by atoms with Crippen molar-refractivity contribution in [3.05, 3.63) is 35.4 Å². The Balaban J connectivity index is 1.80.